The molecule has 1 amide bonds. The van der Waals surface area contributed by atoms with Gasteiger partial charge in [0.1, 0.15) is 0 Å². The predicted molar refractivity (Wildman–Crippen MR) is 56.9 cm³/mol. The fourth-order valence-corrected chi connectivity index (χ4v) is 1.45. The van der Waals surface area contributed by atoms with Gasteiger partial charge in [-0.15, -0.1) is 0 Å². The van der Waals surface area contributed by atoms with E-state index in [4.69, 9.17) is 5.73 Å². The molecule has 0 aromatic carbocycles. The SMILES string of the molecule is CC(C)(C)[C@H](N)C(=O)N1CCNCC1. The van der Waals surface area contributed by atoms with E-state index >= 15 is 0 Å². The second-order valence-corrected chi connectivity index (χ2v) is 4.92. The highest BCUT2D eigenvalue weighted by molar-refractivity contribution is 5.82. The Morgan fingerprint density at radius 3 is 2.29 bits per heavy atom. The molecule has 4 nitrogen and oxygen atoms in total. The maximum absolute atomic E-state index is 11.9. The fourth-order valence-electron chi connectivity index (χ4n) is 1.45. The van der Waals surface area contributed by atoms with Crippen molar-refractivity contribution in [2.24, 2.45) is 11.1 Å². The van der Waals surface area contributed by atoms with Crippen LogP contribution in [0.15, 0.2) is 0 Å². The first-order valence-electron chi connectivity index (χ1n) is 5.18. The van der Waals surface area contributed by atoms with Crippen molar-refractivity contribution >= 4 is 5.91 Å². The highest BCUT2D eigenvalue weighted by Gasteiger charge is 2.31. The number of amides is 1. The van der Waals surface area contributed by atoms with E-state index in [1.165, 1.54) is 0 Å². The lowest BCUT2D eigenvalue weighted by atomic mass is 9.86. The Morgan fingerprint density at radius 1 is 1.36 bits per heavy atom. The average Bonchev–Trinajstić information content (AvgIpc) is 2.15. The number of nitrogens with one attached hydrogen (secondary N) is 1. The highest BCUT2D eigenvalue weighted by Crippen LogP contribution is 2.19. The third-order valence-electron chi connectivity index (χ3n) is 2.63. The van der Waals surface area contributed by atoms with E-state index in [0.717, 1.165) is 26.2 Å². The molecule has 0 aliphatic carbocycles. The normalized spacial score (nSPS) is 20.7. The zero-order valence-electron chi connectivity index (χ0n) is 9.34. The molecule has 0 unspecified atom stereocenters. The minimum Gasteiger partial charge on any atom is -0.339 e. The van der Waals surface area contributed by atoms with Crippen molar-refractivity contribution in [3.8, 4) is 0 Å². The van der Waals surface area contributed by atoms with Crippen LogP contribution < -0.4 is 11.1 Å². The first-order valence-corrected chi connectivity index (χ1v) is 5.18. The molecule has 1 aliphatic rings. The van der Waals surface area contributed by atoms with Crippen LogP contribution in [0.2, 0.25) is 0 Å². The maximum Gasteiger partial charge on any atom is 0.240 e. The number of hydrogen-bond donors (Lipinski definition) is 2. The van der Waals surface area contributed by atoms with E-state index in [1.54, 1.807) is 0 Å². The van der Waals surface area contributed by atoms with E-state index in [0.29, 0.717) is 0 Å². The summed E-state index contributed by atoms with van der Waals surface area (Å²) in [6, 6.07) is -0.388. The van der Waals surface area contributed by atoms with E-state index in [9.17, 15) is 4.79 Å². The van der Waals surface area contributed by atoms with Crippen LogP contribution in [0.4, 0.5) is 0 Å². The lowest BCUT2D eigenvalue weighted by molar-refractivity contribution is -0.135. The second-order valence-electron chi connectivity index (χ2n) is 4.92. The third kappa shape index (κ3) is 2.69. The maximum atomic E-state index is 11.9. The number of nitrogens with zero attached hydrogens (tertiary/aromatic N) is 1. The van der Waals surface area contributed by atoms with Gasteiger partial charge < -0.3 is 16.0 Å². The molecule has 3 N–H and O–H groups in total. The minimum atomic E-state index is -0.388. The molecule has 1 saturated heterocycles. The summed E-state index contributed by atoms with van der Waals surface area (Å²) in [7, 11) is 0. The van der Waals surface area contributed by atoms with Crippen molar-refractivity contribution in [1.82, 2.24) is 10.2 Å². The molecule has 1 rings (SSSR count). The van der Waals surface area contributed by atoms with Crippen LogP contribution in [0, 0.1) is 5.41 Å². The Bertz CT molecular complexity index is 204. The topological polar surface area (TPSA) is 58.4 Å². The molecule has 0 bridgehead atoms. The summed E-state index contributed by atoms with van der Waals surface area (Å²) < 4.78 is 0. The Morgan fingerprint density at radius 2 is 1.86 bits per heavy atom. The van der Waals surface area contributed by atoms with Gasteiger partial charge in [0.25, 0.3) is 0 Å². The Balaban J connectivity index is 2.55. The summed E-state index contributed by atoms with van der Waals surface area (Å²) in [5.41, 5.74) is 5.76. The van der Waals surface area contributed by atoms with E-state index in [-0.39, 0.29) is 17.4 Å². The number of carbonyl (C=O) groups is 1. The first-order chi connectivity index (χ1) is 6.43. The zero-order valence-corrected chi connectivity index (χ0v) is 9.34. The van der Waals surface area contributed by atoms with Gasteiger partial charge >= 0.3 is 0 Å². The van der Waals surface area contributed by atoms with E-state index < -0.39 is 0 Å². The van der Waals surface area contributed by atoms with E-state index in [2.05, 4.69) is 5.32 Å². The van der Waals surface area contributed by atoms with Crippen LogP contribution in [0.1, 0.15) is 20.8 Å². The monoisotopic (exact) mass is 199 g/mol. The minimum absolute atomic E-state index is 0.0824. The Kier molecular flexibility index (Phi) is 3.50. The Hall–Kier alpha value is -0.610. The molecular weight excluding hydrogens is 178 g/mol. The van der Waals surface area contributed by atoms with Gasteiger partial charge in [-0.2, -0.15) is 0 Å². The predicted octanol–water partition coefficient (Wildman–Crippen LogP) is -0.208. The molecule has 82 valence electrons. The van der Waals surface area contributed by atoms with Gasteiger partial charge in [0, 0.05) is 26.2 Å². The van der Waals surface area contributed by atoms with Crippen molar-refractivity contribution in [3.63, 3.8) is 0 Å². The number of carbonyl (C=O) groups excluding carboxylic acids is 1. The van der Waals surface area contributed by atoms with Crippen LogP contribution in [-0.2, 0) is 4.79 Å². The smallest absolute Gasteiger partial charge is 0.240 e. The molecule has 0 spiro atoms. The molecule has 0 saturated carbocycles. The van der Waals surface area contributed by atoms with Gasteiger partial charge in [-0.25, -0.2) is 0 Å². The number of piperazine rings is 1. The van der Waals surface area contributed by atoms with Crippen molar-refractivity contribution in [2.45, 2.75) is 26.8 Å². The van der Waals surface area contributed by atoms with Crippen LogP contribution in [-0.4, -0.2) is 43.0 Å². The molecule has 1 atom stereocenters. The highest BCUT2D eigenvalue weighted by atomic mass is 16.2. The van der Waals surface area contributed by atoms with Crippen LogP contribution in [0.5, 0.6) is 0 Å². The van der Waals surface area contributed by atoms with Crippen molar-refractivity contribution in [2.75, 3.05) is 26.2 Å². The first kappa shape index (κ1) is 11.5. The summed E-state index contributed by atoms with van der Waals surface area (Å²) in [4.78, 5) is 13.8. The average molecular weight is 199 g/mol. The largest absolute Gasteiger partial charge is 0.339 e. The zero-order chi connectivity index (χ0) is 10.8. The number of rotatable bonds is 1. The van der Waals surface area contributed by atoms with Crippen molar-refractivity contribution < 1.29 is 4.79 Å². The molecular formula is C10H21N3O. The molecule has 1 aliphatic heterocycles. The van der Waals surface area contributed by atoms with Gasteiger partial charge in [-0.05, 0) is 5.41 Å². The molecule has 1 fully saturated rings. The van der Waals surface area contributed by atoms with Crippen LogP contribution >= 0.6 is 0 Å². The van der Waals surface area contributed by atoms with Gasteiger partial charge in [0.15, 0.2) is 0 Å². The van der Waals surface area contributed by atoms with Gasteiger partial charge in [-0.3, -0.25) is 4.79 Å². The van der Waals surface area contributed by atoms with Gasteiger partial charge in [0.05, 0.1) is 6.04 Å². The number of nitrogens with two attached hydrogens (primary N) is 1. The quantitative estimate of drug-likeness (QED) is 0.614. The van der Waals surface area contributed by atoms with Gasteiger partial charge in [-0.1, -0.05) is 20.8 Å². The Labute approximate surface area is 85.8 Å². The molecule has 0 radical (unpaired) electrons. The molecule has 0 aromatic heterocycles. The summed E-state index contributed by atoms with van der Waals surface area (Å²) >= 11 is 0. The van der Waals surface area contributed by atoms with Crippen LogP contribution in [0.25, 0.3) is 0 Å². The molecule has 4 heteroatoms. The summed E-state index contributed by atoms with van der Waals surface area (Å²) in [6.45, 7) is 9.31. The molecule has 14 heavy (non-hydrogen) atoms. The lowest BCUT2D eigenvalue weighted by Crippen LogP contribution is -2.55. The number of hydrogen-bond acceptors (Lipinski definition) is 3. The second kappa shape index (κ2) is 4.28. The summed E-state index contributed by atoms with van der Waals surface area (Å²) in [5, 5.41) is 3.21. The lowest BCUT2D eigenvalue weighted by Gasteiger charge is -2.34. The van der Waals surface area contributed by atoms with Crippen LogP contribution in [0.3, 0.4) is 0 Å². The standard InChI is InChI=1S/C10H21N3O/c1-10(2,3)8(11)9(14)13-6-4-12-5-7-13/h8,12H,4-7,11H2,1-3H3/t8-/m1/s1. The van der Waals surface area contributed by atoms with Crippen molar-refractivity contribution in [3.05, 3.63) is 0 Å². The molecule has 0 aromatic rings. The summed E-state index contributed by atoms with van der Waals surface area (Å²) in [5.74, 6) is 0.0824. The van der Waals surface area contributed by atoms with Gasteiger partial charge in [0.2, 0.25) is 5.91 Å². The third-order valence-corrected chi connectivity index (χ3v) is 2.63. The van der Waals surface area contributed by atoms with Crippen molar-refractivity contribution in [1.29, 1.82) is 0 Å². The van der Waals surface area contributed by atoms with E-state index in [1.807, 2.05) is 25.7 Å². The fraction of sp³-hybridized carbons (Fsp3) is 0.900. The summed E-state index contributed by atoms with van der Waals surface area (Å²) in [6.07, 6.45) is 0. The molecule has 1 heterocycles.